The molecule has 0 radical (unpaired) electrons. The van der Waals surface area contributed by atoms with Crippen molar-refractivity contribution in [2.45, 2.75) is 25.3 Å². The topological polar surface area (TPSA) is 91.8 Å². The molecule has 1 unspecified atom stereocenters. The van der Waals surface area contributed by atoms with Crippen LogP contribution in [0.5, 0.6) is 5.88 Å². The summed E-state index contributed by atoms with van der Waals surface area (Å²) in [6.45, 7) is 2.44. The van der Waals surface area contributed by atoms with Crippen molar-refractivity contribution < 1.29 is 9.26 Å². The van der Waals surface area contributed by atoms with Gasteiger partial charge in [-0.1, -0.05) is 5.16 Å². The van der Waals surface area contributed by atoms with E-state index < -0.39 is 0 Å². The summed E-state index contributed by atoms with van der Waals surface area (Å²) >= 11 is 6.21. The van der Waals surface area contributed by atoms with Gasteiger partial charge < -0.3 is 13.8 Å². The van der Waals surface area contributed by atoms with E-state index in [4.69, 9.17) is 20.9 Å². The van der Waals surface area contributed by atoms with Crippen molar-refractivity contribution in [1.82, 2.24) is 29.7 Å². The highest BCUT2D eigenvalue weighted by molar-refractivity contribution is 6.20. The molecule has 8 nitrogen and oxygen atoms in total. The second kappa shape index (κ2) is 5.65. The Labute approximate surface area is 125 Å². The van der Waals surface area contributed by atoms with Crippen LogP contribution in [0.1, 0.15) is 23.9 Å². The number of aryl methyl sites for hydroxylation is 2. The number of hydrogen-bond donors (Lipinski definition) is 0. The van der Waals surface area contributed by atoms with Crippen LogP contribution < -0.4 is 4.74 Å². The summed E-state index contributed by atoms with van der Waals surface area (Å²) in [4.78, 5) is 16.8. The summed E-state index contributed by atoms with van der Waals surface area (Å²) in [5.74, 6) is 1.75. The Bertz CT molecular complexity index is 740. The monoisotopic (exact) mass is 308 g/mol. The molecule has 0 N–H and O–H groups in total. The van der Waals surface area contributed by atoms with Crippen molar-refractivity contribution >= 4 is 22.8 Å². The zero-order chi connectivity index (χ0) is 14.8. The number of nitrogens with zero attached hydrogens (tertiary/aromatic N) is 6. The molecule has 0 saturated carbocycles. The van der Waals surface area contributed by atoms with Crippen molar-refractivity contribution in [2.75, 3.05) is 7.11 Å². The van der Waals surface area contributed by atoms with Crippen LogP contribution in [0.2, 0.25) is 0 Å². The molecule has 9 heteroatoms. The van der Waals surface area contributed by atoms with Crippen molar-refractivity contribution in [2.24, 2.45) is 0 Å². The Balaban J connectivity index is 2.03. The Kier molecular flexibility index (Phi) is 3.70. The molecule has 0 aliphatic heterocycles. The highest BCUT2D eigenvalue weighted by Crippen LogP contribution is 2.27. The third-order valence-electron chi connectivity index (χ3n) is 3.04. The number of halogens is 1. The maximum absolute atomic E-state index is 6.21. The van der Waals surface area contributed by atoms with E-state index in [9.17, 15) is 0 Å². The van der Waals surface area contributed by atoms with Gasteiger partial charge >= 0.3 is 0 Å². The first kappa shape index (κ1) is 13.7. The molecule has 3 rings (SSSR count). The molecule has 0 bridgehead atoms. The average Bonchev–Trinajstić information content (AvgIpc) is 3.11. The van der Waals surface area contributed by atoms with Crippen molar-refractivity contribution in [1.29, 1.82) is 0 Å². The first-order valence-corrected chi connectivity index (χ1v) is 6.78. The molecule has 0 amide bonds. The highest BCUT2D eigenvalue weighted by atomic mass is 35.5. The van der Waals surface area contributed by atoms with E-state index in [0.29, 0.717) is 41.7 Å². The lowest BCUT2D eigenvalue weighted by Gasteiger charge is -2.08. The number of rotatable bonds is 5. The van der Waals surface area contributed by atoms with E-state index in [0.717, 1.165) is 0 Å². The van der Waals surface area contributed by atoms with Gasteiger partial charge in [0.1, 0.15) is 12.2 Å². The molecule has 0 spiro atoms. The lowest BCUT2D eigenvalue weighted by Crippen LogP contribution is -2.08. The second-order valence-electron chi connectivity index (χ2n) is 4.39. The lowest BCUT2D eigenvalue weighted by molar-refractivity contribution is 0.401. The maximum atomic E-state index is 6.21. The molecular formula is C12H13ClN6O2. The van der Waals surface area contributed by atoms with Crippen molar-refractivity contribution in [3.8, 4) is 5.88 Å². The molecule has 0 aliphatic carbocycles. The fraction of sp³-hybridized carbons (Fsp3) is 0.417. The number of alkyl halides is 1. The molecule has 3 aromatic heterocycles. The first-order chi connectivity index (χ1) is 10.2. The quantitative estimate of drug-likeness (QED) is 0.663. The van der Waals surface area contributed by atoms with E-state index in [2.05, 4.69) is 25.1 Å². The number of methoxy groups -OCH3 is 1. The van der Waals surface area contributed by atoms with Crippen LogP contribution in [0.15, 0.2) is 17.2 Å². The van der Waals surface area contributed by atoms with Gasteiger partial charge in [0.2, 0.25) is 12.3 Å². The van der Waals surface area contributed by atoms with Gasteiger partial charge in [0.15, 0.2) is 17.0 Å². The third kappa shape index (κ3) is 2.54. The first-order valence-electron chi connectivity index (χ1n) is 6.35. The van der Waals surface area contributed by atoms with Crippen LogP contribution in [-0.2, 0) is 13.0 Å². The average molecular weight is 309 g/mol. The summed E-state index contributed by atoms with van der Waals surface area (Å²) in [5, 5.41) is 3.52. The molecule has 0 aromatic carbocycles. The fourth-order valence-corrected chi connectivity index (χ4v) is 2.29. The second-order valence-corrected chi connectivity index (χ2v) is 5.04. The standard InChI is InChI=1S/C12H13ClN6O2/c1-7(13)10-17-9-11(14-5-15-12(9)20-2)19(10)4-3-8-16-6-21-18-8/h5-7H,3-4H2,1-2H3. The van der Waals surface area contributed by atoms with Gasteiger partial charge in [0, 0.05) is 13.0 Å². The molecule has 21 heavy (non-hydrogen) atoms. The summed E-state index contributed by atoms with van der Waals surface area (Å²) in [6, 6.07) is 0. The third-order valence-corrected chi connectivity index (χ3v) is 3.24. The molecule has 3 heterocycles. The van der Waals surface area contributed by atoms with Gasteiger partial charge in [0.05, 0.1) is 12.5 Å². The van der Waals surface area contributed by atoms with Crippen LogP contribution in [0.25, 0.3) is 11.2 Å². The molecule has 0 aliphatic rings. The SMILES string of the molecule is COc1ncnc2c1nc(C(C)Cl)n2CCc1ncon1. The minimum absolute atomic E-state index is 0.269. The van der Waals surface area contributed by atoms with Crippen LogP contribution >= 0.6 is 11.6 Å². The minimum Gasteiger partial charge on any atom is -0.479 e. The number of hydrogen-bond acceptors (Lipinski definition) is 7. The zero-order valence-corrected chi connectivity index (χ0v) is 12.3. The summed E-state index contributed by atoms with van der Waals surface area (Å²) in [5.41, 5.74) is 1.27. The van der Waals surface area contributed by atoms with Gasteiger partial charge in [0.25, 0.3) is 0 Å². The predicted octanol–water partition coefficient (Wildman–Crippen LogP) is 1.76. The Morgan fingerprint density at radius 1 is 1.38 bits per heavy atom. The van der Waals surface area contributed by atoms with Gasteiger partial charge in [-0.25, -0.2) is 9.97 Å². The molecule has 3 aromatic rings. The maximum Gasteiger partial charge on any atom is 0.245 e. The van der Waals surface area contributed by atoms with Gasteiger partial charge in [-0.05, 0) is 6.92 Å². The van der Waals surface area contributed by atoms with Crippen LogP contribution in [0, 0.1) is 0 Å². The predicted molar refractivity (Wildman–Crippen MR) is 74.1 cm³/mol. The Hall–Kier alpha value is -2.22. The largest absolute Gasteiger partial charge is 0.479 e. The summed E-state index contributed by atoms with van der Waals surface area (Å²) in [6.07, 6.45) is 3.33. The van der Waals surface area contributed by atoms with Gasteiger partial charge in [-0.15, -0.1) is 11.6 Å². The Morgan fingerprint density at radius 3 is 2.90 bits per heavy atom. The molecule has 110 valence electrons. The molecule has 0 saturated heterocycles. The highest BCUT2D eigenvalue weighted by Gasteiger charge is 2.19. The minimum atomic E-state index is -0.269. The Morgan fingerprint density at radius 2 is 2.24 bits per heavy atom. The van der Waals surface area contributed by atoms with Crippen LogP contribution in [0.4, 0.5) is 0 Å². The number of aromatic nitrogens is 6. The molecule has 1 atom stereocenters. The van der Waals surface area contributed by atoms with Crippen LogP contribution in [0.3, 0.4) is 0 Å². The smallest absolute Gasteiger partial charge is 0.245 e. The van der Waals surface area contributed by atoms with Crippen molar-refractivity contribution in [3.63, 3.8) is 0 Å². The van der Waals surface area contributed by atoms with E-state index in [1.165, 1.54) is 12.7 Å². The van der Waals surface area contributed by atoms with Crippen molar-refractivity contribution in [3.05, 3.63) is 24.4 Å². The normalized spacial score (nSPS) is 12.7. The molecular weight excluding hydrogens is 296 g/mol. The van der Waals surface area contributed by atoms with E-state index >= 15 is 0 Å². The van der Waals surface area contributed by atoms with E-state index in [1.54, 1.807) is 7.11 Å². The van der Waals surface area contributed by atoms with Gasteiger partial charge in [-0.2, -0.15) is 9.97 Å². The summed E-state index contributed by atoms with van der Waals surface area (Å²) < 4.78 is 11.9. The van der Waals surface area contributed by atoms with Gasteiger partial charge in [-0.3, -0.25) is 0 Å². The number of ether oxygens (including phenoxy) is 1. The molecule has 0 fully saturated rings. The van der Waals surface area contributed by atoms with E-state index in [-0.39, 0.29) is 5.38 Å². The zero-order valence-electron chi connectivity index (χ0n) is 11.5. The summed E-state index contributed by atoms with van der Waals surface area (Å²) in [7, 11) is 1.55. The lowest BCUT2D eigenvalue weighted by atomic mass is 10.3. The van der Waals surface area contributed by atoms with Crippen LogP contribution in [-0.4, -0.2) is 36.8 Å². The van der Waals surface area contributed by atoms with E-state index in [1.807, 2.05) is 11.5 Å². The number of fused-ring (bicyclic) bond motifs is 1. The number of imidazole rings is 1. The fourth-order valence-electron chi connectivity index (χ4n) is 2.12.